The predicted octanol–water partition coefficient (Wildman–Crippen LogP) is 2.35. The molecule has 0 atom stereocenters. The third kappa shape index (κ3) is 5.04. The second-order valence-corrected chi connectivity index (χ2v) is 7.49. The normalized spacial score (nSPS) is 11.1. The van der Waals surface area contributed by atoms with Crippen molar-refractivity contribution in [2.45, 2.75) is 18.4 Å². The van der Waals surface area contributed by atoms with E-state index in [1.54, 1.807) is 19.1 Å². The molecule has 0 spiro atoms. The number of carbonyl (C=O) groups excluding carboxylic acids is 1. The largest absolute Gasteiger partial charge is 0.465 e. The van der Waals surface area contributed by atoms with Crippen molar-refractivity contribution in [1.29, 1.82) is 0 Å². The number of benzene rings is 2. The minimum absolute atomic E-state index is 0. The minimum Gasteiger partial charge on any atom is -0.465 e. The third-order valence-electron chi connectivity index (χ3n) is 3.81. The maximum atomic E-state index is 13.1. The van der Waals surface area contributed by atoms with E-state index in [0.29, 0.717) is 5.56 Å². The van der Waals surface area contributed by atoms with Gasteiger partial charge in [-0.15, -0.1) is 12.4 Å². The maximum absolute atomic E-state index is 13.1. The van der Waals surface area contributed by atoms with Gasteiger partial charge in [-0.25, -0.2) is 13.2 Å². The van der Waals surface area contributed by atoms with E-state index in [2.05, 4.69) is 4.74 Å². The van der Waals surface area contributed by atoms with Crippen LogP contribution in [0, 0.1) is 6.92 Å². The van der Waals surface area contributed by atoms with Gasteiger partial charge in [0.25, 0.3) is 0 Å². The van der Waals surface area contributed by atoms with E-state index in [1.807, 2.05) is 30.3 Å². The number of hydrogen-bond donors (Lipinski definition) is 1. The summed E-state index contributed by atoms with van der Waals surface area (Å²) in [6.07, 6.45) is 0. The summed E-state index contributed by atoms with van der Waals surface area (Å²) in [6.45, 7) is 2.28. The highest BCUT2D eigenvalue weighted by Gasteiger charge is 2.27. The van der Waals surface area contributed by atoms with Crippen LogP contribution < -0.4 is 5.73 Å². The molecule has 26 heavy (non-hydrogen) atoms. The van der Waals surface area contributed by atoms with Crippen molar-refractivity contribution < 1.29 is 17.9 Å². The Labute approximate surface area is 160 Å². The summed E-state index contributed by atoms with van der Waals surface area (Å²) in [7, 11) is -2.55. The summed E-state index contributed by atoms with van der Waals surface area (Å²) in [4.78, 5) is 11.8. The molecule has 0 aliphatic carbocycles. The zero-order valence-corrected chi connectivity index (χ0v) is 16.3. The van der Waals surface area contributed by atoms with Gasteiger partial charge in [0.2, 0.25) is 10.0 Å². The van der Waals surface area contributed by atoms with Crippen molar-refractivity contribution in [3.05, 3.63) is 65.2 Å². The van der Waals surface area contributed by atoms with Crippen LogP contribution in [-0.4, -0.2) is 38.9 Å². The molecule has 0 radical (unpaired) electrons. The van der Waals surface area contributed by atoms with E-state index in [0.717, 1.165) is 5.56 Å². The average molecular weight is 399 g/mol. The number of ether oxygens (including phenoxy) is 1. The fourth-order valence-corrected chi connectivity index (χ4v) is 4.17. The number of sulfonamides is 1. The molecule has 2 N–H and O–H groups in total. The molecular formula is C18H23ClN2O4S. The van der Waals surface area contributed by atoms with Gasteiger partial charge in [-0.1, -0.05) is 36.4 Å². The lowest BCUT2D eigenvalue weighted by Crippen LogP contribution is -2.35. The van der Waals surface area contributed by atoms with Crippen molar-refractivity contribution in [2.75, 3.05) is 20.2 Å². The maximum Gasteiger partial charge on any atom is 0.337 e. The standard InChI is InChI=1S/C18H22N2O4S.ClH/c1-14-8-9-16(18(21)24-2)12-17(14)25(22,23)20(11-10-19)13-15-6-4-3-5-7-15;/h3-9,12H,10-11,13,19H2,1-2H3;1H. The number of rotatable bonds is 7. The molecule has 6 nitrogen and oxygen atoms in total. The van der Waals surface area contributed by atoms with Gasteiger partial charge in [-0.3, -0.25) is 0 Å². The highest BCUT2D eigenvalue weighted by atomic mass is 35.5. The molecule has 0 fully saturated rings. The number of nitrogens with zero attached hydrogens (tertiary/aromatic N) is 1. The van der Waals surface area contributed by atoms with Gasteiger partial charge in [0.15, 0.2) is 0 Å². The van der Waals surface area contributed by atoms with Crippen molar-refractivity contribution in [3.63, 3.8) is 0 Å². The van der Waals surface area contributed by atoms with Gasteiger partial charge < -0.3 is 10.5 Å². The first-order valence-corrected chi connectivity index (χ1v) is 9.27. The van der Waals surface area contributed by atoms with Gasteiger partial charge >= 0.3 is 5.97 Å². The SMILES string of the molecule is COC(=O)c1ccc(C)c(S(=O)(=O)N(CCN)Cc2ccccc2)c1.Cl. The first kappa shape index (κ1) is 22.1. The van der Waals surface area contributed by atoms with E-state index in [1.165, 1.54) is 17.5 Å². The molecular weight excluding hydrogens is 376 g/mol. The Morgan fingerprint density at radius 1 is 1.15 bits per heavy atom. The van der Waals surface area contributed by atoms with E-state index in [-0.39, 0.29) is 42.5 Å². The first-order chi connectivity index (χ1) is 11.9. The van der Waals surface area contributed by atoms with Gasteiger partial charge in [0.05, 0.1) is 17.6 Å². The monoisotopic (exact) mass is 398 g/mol. The van der Waals surface area contributed by atoms with Gasteiger partial charge in [-0.05, 0) is 30.2 Å². The Balaban J connectivity index is 0.00000338. The molecule has 2 aromatic carbocycles. The molecule has 0 saturated carbocycles. The summed E-state index contributed by atoms with van der Waals surface area (Å²) < 4.78 is 32.3. The molecule has 0 heterocycles. The smallest absolute Gasteiger partial charge is 0.337 e. The Bertz CT molecular complexity index is 842. The average Bonchev–Trinajstić information content (AvgIpc) is 2.61. The predicted molar refractivity (Wildman–Crippen MR) is 103 cm³/mol. The van der Waals surface area contributed by atoms with E-state index >= 15 is 0 Å². The van der Waals surface area contributed by atoms with Crippen LogP contribution in [0.2, 0.25) is 0 Å². The summed E-state index contributed by atoms with van der Waals surface area (Å²) >= 11 is 0. The quantitative estimate of drug-likeness (QED) is 0.723. The molecule has 0 bridgehead atoms. The number of nitrogens with two attached hydrogens (primary N) is 1. The lowest BCUT2D eigenvalue weighted by atomic mass is 10.1. The van der Waals surface area contributed by atoms with Gasteiger partial charge in [-0.2, -0.15) is 4.31 Å². The Morgan fingerprint density at radius 2 is 1.81 bits per heavy atom. The first-order valence-electron chi connectivity index (χ1n) is 7.83. The van der Waals surface area contributed by atoms with Crippen LogP contribution in [0.4, 0.5) is 0 Å². The van der Waals surface area contributed by atoms with Crippen molar-refractivity contribution >= 4 is 28.4 Å². The lowest BCUT2D eigenvalue weighted by molar-refractivity contribution is 0.0600. The fourth-order valence-electron chi connectivity index (χ4n) is 2.48. The summed E-state index contributed by atoms with van der Waals surface area (Å²) in [5.74, 6) is -0.579. The molecule has 0 saturated heterocycles. The van der Waals surface area contributed by atoms with Crippen LogP contribution in [0.15, 0.2) is 53.4 Å². The van der Waals surface area contributed by atoms with Crippen molar-refractivity contribution in [2.24, 2.45) is 5.73 Å². The summed E-state index contributed by atoms with van der Waals surface area (Å²) in [5.41, 5.74) is 7.23. The van der Waals surface area contributed by atoms with Crippen LogP contribution >= 0.6 is 12.4 Å². The molecule has 0 unspecified atom stereocenters. The van der Waals surface area contributed by atoms with E-state index in [9.17, 15) is 13.2 Å². The van der Waals surface area contributed by atoms with Crippen molar-refractivity contribution in [3.8, 4) is 0 Å². The third-order valence-corrected chi connectivity index (χ3v) is 5.79. The molecule has 0 aromatic heterocycles. The Morgan fingerprint density at radius 3 is 2.38 bits per heavy atom. The molecule has 0 aliphatic heterocycles. The van der Waals surface area contributed by atoms with Crippen LogP contribution in [0.25, 0.3) is 0 Å². The number of halogens is 1. The van der Waals surface area contributed by atoms with E-state index in [4.69, 9.17) is 5.73 Å². The fraction of sp³-hybridized carbons (Fsp3) is 0.278. The van der Waals surface area contributed by atoms with E-state index < -0.39 is 16.0 Å². The van der Waals surface area contributed by atoms with Crippen LogP contribution in [-0.2, 0) is 21.3 Å². The molecule has 0 amide bonds. The molecule has 2 rings (SSSR count). The highest BCUT2D eigenvalue weighted by molar-refractivity contribution is 7.89. The molecule has 2 aromatic rings. The molecule has 8 heteroatoms. The molecule has 142 valence electrons. The van der Waals surface area contributed by atoms with Crippen LogP contribution in [0.1, 0.15) is 21.5 Å². The Hall–Kier alpha value is -1.93. The second-order valence-electron chi connectivity index (χ2n) is 5.58. The zero-order valence-electron chi connectivity index (χ0n) is 14.7. The van der Waals surface area contributed by atoms with Crippen LogP contribution in [0.3, 0.4) is 0 Å². The number of carbonyl (C=O) groups is 1. The minimum atomic E-state index is -3.81. The zero-order chi connectivity index (χ0) is 18.4. The number of aryl methyl sites for hydroxylation is 1. The van der Waals surface area contributed by atoms with Gasteiger partial charge in [0.1, 0.15) is 0 Å². The molecule has 0 aliphatic rings. The van der Waals surface area contributed by atoms with Crippen molar-refractivity contribution in [1.82, 2.24) is 4.31 Å². The number of hydrogen-bond acceptors (Lipinski definition) is 5. The lowest BCUT2D eigenvalue weighted by Gasteiger charge is -2.23. The summed E-state index contributed by atoms with van der Waals surface area (Å²) in [5, 5.41) is 0. The van der Waals surface area contributed by atoms with Crippen LogP contribution in [0.5, 0.6) is 0 Å². The van der Waals surface area contributed by atoms with Gasteiger partial charge in [0, 0.05) is 19.6 Å². The number of methoxy groups -OCH3 is 1. The Kier molecular flexibility index (Phi) is 8.23. The number of esters is 1. The highest BCUT2D eigenvalue weighted by Crippen LogP contribution is 2.23. The summed E-state index contributed by atoms with van der Waals surface area (Å²) in [6, 6.07) is 13.8. The topological polar surface area (TPSA) is 89.7 Å². The second kappa shape index (κ2) is 9.68.